The van der Waals surface area contributed by atoms with Gasteiger partial charge in [-0.05, 0) is 13.0 Å². The van der Waals surface area contributed by atoms with Gasteiger partial charge in [-0.15, -0.1) is 0 Å². The second-order valence-electron chi connectivity index (χ2n) is 3.09. The van der Waals surface area contributed by atoms with E-state index in [0.717, 1.165) is 12.3 Å². The molecule has 0 fully saturated rings. The molecule has 0 radical (unpaired) electrons. The highest BCUT2D eigenvalue weighted by Crippen LogP contribution is 2.21. The van der Waals surface area contributed by atoms with Crippen molar-refractivity contribution in [3.8, 4) is 0 Å². The van der Waals surface area contributed by atoms with E-state index in [1.807, 2.05) is 0 Å². The van der Waals surface area contributed by atoms with Crippen LogP contribution in [0.3, 0.4) is 0 Å². The molecule has 0 saturated carbocycles. The molecule has 0 spiro atoms. The first-order valence-corrected chi connectivity index (χ1v) is 4.72. The van der Waals surface area contributed by atoms with Crippen LogP contribution in [-0.4, -0.2) is 17.6 Å². The van der Waals surface area contributed by atoms with Crippen LogP contribution >= 0.6 is 0 Å². The van der Waals surface area contributed by atoms with Crippen molar-refractivity contribution in [1.29, 1.82) is 0 Å². The Hall–Kier alpha value is -1.72. The third-order valence-electron chi connectivity index (χ3n) is 1.89. The lowest BCUT2D eigenvalue weighted by atomic mass is 10.2. The lowest BCUT2D eigenvalue weighted by molar-refractivity contribution is -0.142. The van der Waals surface area contributed by atoms with Crippen LogP contribution in [0.5, 0.6) is 0 Å². The number of ether oxygens (including phenoxy) is 1. The van der Waals surface area contributed by atoms with Crippen molar-refractivity contribution in [3.05, 3.63) is 23.5 Å². The maximum Gasteiger partial charge on any atom is 0.311 e. The van der Waals surface area contributed by atoms with Gasteiger partial charge in [-0.25, -0.2) is 8.78 Å². The summed E-state index contributed by atoms with van der Waals surface area (Å²) in [6.45, 7) is 1.93. The number of alkyl halides is 2. The number of anilines is 1. The lowest BCUT2D eigenvalue weighted by Crippen LogP contribution is -2.11. The molecule has 4 nitrogen and oxygen atoms in total. The lowest BCUT2D eigenvalue weighted by Gasteiger charge is -2.06. The Morgan fingerprint density at radius 3 is 2.81 bits per heavy atom. The average Bonchev–Trinajstić information content (AvgIpc) is 2.21. The Morgan fingerprint density at radius 1 is 1.62 bits per heavy atom. The summed E-state index contributed by atoms with van der Waals surface area (Å²) in [5.74, 6) is -0.480. The van der Waals surface area contributed by atoms with Gasteiger partial charge in [0.25, 0.3) is 6.43 Å². The van der Waals surface area contributed by atoms with Gasteiger partial charge in [-0.1, -0.05) is 0 Å². The monoisotopic (exact) mass is 230 g/mol. The minimum atomic E-state index is -2.62. The van der Waals surface area contributed by atoms with Gasteiger partial charge in [-0.3, -0.25) is 9.78 Å². The highest BCUT2D eigenvalue weighted by molar-refractivity contribution is 5.74. The van der Waals surface area contributed by atoms with Crippen LogP contribution in [0.25, 0.3) is 0 Å². The molecule has 0 atom stereocenters. The van der Waals surface area contributed by atoms with E-state index >= 15 is 0 Å². The van der Waals surface area contributed by atoms with Crippen molar-refractivity contribution in [1.82, 2.24) is 4.98 Å². The van der Waals surface area contributed by atoms with Gasteiger partial charge in [0.1, 0.15) is 0 Å². The molecule has 0 bridgehead atoms. The Morgan fingerprint density at radius 2 is 2.31 bits per heavy atom. The number of nitrogen functional groups attached to an aromatic ring is 1. The Labute approximate surface area is 91.4 Å². The number of rotatable bonds is 4. The van der Waals surface area contributed by atoms with Crippen LogP contribution in [0.1, 0.15) is 24.6 Å². The van der Waals surface area contributed by atoms with E-state index < -0.39 is 12.4 Å². The second-order valence-corrected chi connectivity index (χ2v) is 3.09. The first kappa shape index (κ1) is 12.4. The molecular weight excluding hydrogens is 218 g/mol. The minimum absolute atomic E-state index is 0.0749. The maximum absolute atomic E-state index is 12.3. The summed E-state index contributed by atoms with van der Waals surface area (Å²) < 4.78 is 29.2. The van der Waals surface area contributed by atoms with Gasteiger partial charge < -0.3 is 10.5 Å². The number of hydrogen-bond acceptors (Lipinski definition) is 4. The molecule has 88 valence electrons. The van der Waals surface area contributed by atoms with Gasteiger partial charge in [0, 0.05) is 11.8 Å². The number of carbonyl (C=O) groups is 1. The van der Waals surface area contributed by atoms with E-state index in [0.29, 0.717) is 0 Å². The SMILES string of the molecule is CCOC(=O)Cc1ncc(C(F)F)cc1N. The van der Waals surface area contributed by atoms with E-state index in [-0.39, 0.29) is 30.0 Å². The van der Waals surface area contributed by atoms with Crippen LogP contribution in [0.15, 0.2) is 12.3 Å². The van der Waals surface area contributed by atoms with Crippen LogP contribution in [0.4, 0.5) is 14.5 Å². The Balaban J connectivity index is 2.79. The zero-order valence-corrected chi connectivity index (χ0v) is 8.74. The molecule has 2 N–H and O–H groups in total. The highest BCUT2D eigenvalue weighted by atomic mass is 19.3. The number of nitrogens with zero attached hydrogens (tertiary/aromatic N) is 1. The molecule has 1 heterocycles. The first-order chi connectivity index (χ1) is 7.54. The average molecular weight is 230 g/mol. The van der Waals surface area contributed by atoms with E-state index in [9.17, 15) is 13.6 Å². The number of aromatic nitrogens is 1. The summed E-state index contributed by atoms with van der Waals surface area (Å²) in [4.78, 5) is 14.8. The van der Waals surface area contributed by atoms with Gasteiger partial charge in [-0.2, -0.15) is 0 Å². The number of pyridine rings is 1. The standard InChI is InChI=1S/C10H12F2N2O2/c1-2-16-9(15)4-8-7(13)3-6(5-14-8)10(11)12/h3,5,10H,2,4,13H2,1H3. The predicted octanol–water partition coefficient (Wildman–Crippen LogP) is 1.71. The molecule has 0 aromatic carbocycles. The summed E-state index contributed by atoms with van der Waals surface area (Å²) in [5, 5.41) is 0. The molecule has 1 aromatic heterocycles. The van der Waals surface area contributed by atoms with E-state index in [4.69, 9.17) is 10.5 Å². The molecule has 1 rings (SSSR count). The van der Waals surface area contributed by atoms with Crippen LogP contribution in [0.2, 0.25) is 0 Å². The van der Waals surface area contributed by atoms with Gasteiger partial charge in [0.05, 0.1) is 24.4 Å². The zero-order valence-electron chi connectivity index (χ0n) is 8.74. The van der Waals surface area contributed by atoms with Crippen LogP contribution in [-0.2, 0) is 16.0 Å². The quantitative estimate of drug-likeness (QED) is 0.799. The number of halogens is 2. The molecule has 0 saturated heterocycles. The molecule has 1 aromatic rings. The molecule has 0 amide bonds. The smallest absolute Gasteiger partial charge is 0.311 e. The molecule has 0 unspecified atom stereocenters. The van der Waals surface area contributed by atoms with Crippen molar-refractivity contribution >= 4 is 11.7 Å². The van der Waals surface area contributed by atoms with E-state index in [1.54, 1.807) is 6.92 Å². The van der Waals surface area contributed by atoms with Crippen molar-refractivity contribution < 1.29 is 18.3 Å². The third kappa shape index (κ3) is 3.15. The first-order valence-electron chi connectivity index (χ1n) is 4.72. The highest BCUT2D eigenvalue weighted by Gasteiger charge is 2.13. The van der Waals surface area contributed by atoms with Gasteiger partial charge in [0.15, 0.2) is 0 Å². The van der Waals surface area contributed by atoms with Gasteiger partial charge >= 0.3 is 5.97 Å². The van der Waals surface area contributed by atoms with Crippen LogP contribution in [0, 0.1) is 0 Å². The van der Waals surface area contributed by atoms with Crippen molar-refractivity contribution in [3.63, 3.8) is 0 Å². The predicted molar refractivity (Wildman–Crippen MR) is 53.9 cm³/mol. The summed E-state index contributed by atoms with van der Waals surface area (Å²) in [5.41, 5.74) is 5.57. The molecule has 6 heteroatoms. The molecule has 16 heavy (non-hydrogen) atoms. The van der Waals surface area contributed by atoms with Crippen LogP contribution < -0.4 is 5.73 Å². The number of esters is 1. The minimum Gasteiger partial charge on any atom is -0.466 e. The van der Waals surface area contributed by atoms with Crippen molar-refractivity contribution in [2.45, 2.75) is 19.8 Å². The molecular formula is C10H12F2N2O2. The summed E-state index contributed by atoms with van der Waals surface area (Å²) in [6, 6.07) is 1.12. The van der Waals surface area contributed by atoms with Crippen molar-refractivity contribution in [2.24, 2.45) is 0 Å². The zero-order chi connectivity index (χ0) is 12.1. The molecule has 0 aliphatic heterocycles. The maximum atomic E-state index is 12.3. The fraction of sp³-hybridized carbons (Fsp3) is 0.400. The van der Waals surface area contributed by atoms with E-state index in [2.05, 4.69) is 4.98 Å². The summed E-state index contributed by atoms with van der Waals surface area (Å²) >= 11 is 0. The molecule has 0 aliphatic carbocycles. The fourth-order valence-corrected chi connectivity index (χ4v) is 1.14. The normalized spacial score (nSPS) is 10.5. The summed E-state index contributed by atoms with van der Waals surface area (Å²) in [7, 11) is 0. The Bertz CT molecular complexity index is 383. The number of hydrogen-bond donors (Lipinski definition) is 1. The second kappa shape index (κ2) is 5.39. The largest absolute Gasteiger partial charge is 0.466 e. The third-order valence-corrected chi connectivity index (χ3v) is 1.89. The van der Waals surface area contributed by atoms with Gasteiger partial charge in [0.2, 0.25) is 0 Å². The number of carbonyl (C=O) groups excluding carboxylic acids is 1. The Kier molecular flexibility index (Phi) is 4.16. The fourth-order valence-electron chi connectivity index (χ4n) is 1.14. The van der Waals surface area contributed by atoms with Crippen molar-refractivity contribution in [2.75, 3.05) is 12.3 Å². The topological polar surface area (TPSA) is 65.2 Å². The summed E-state index contributed by atoms with van der Waals surface area (Å²) in [6.07, 6.45) is -1.72. The van der Waals surface area contributed by atoms with E-state index in [1.165, 1.54) is 0 Å². The number of nitrogens with two attached hydrogens (primary N) is 1. The molecule has 0 aliphatic rings.